The summed E-state index contributed by atoms with van der Waals surface area (Å²) in [6.07, 6.45) is 1.81. The first-order chi connectivity index (χ1) is 12.0. The molecular weight excluding hydrogens is 315 g/mol. The largest absolute Gasteiger partial charge is 0.309 e. The average Bonchev–Trinajstić information content (AvgIpc) is 2.60. The summed E-state index contributed by atoms with van der Waals surface area (Å²) in [7, 11) is 0. The Balaban J connectivity index is 1.66. The zero-order chi connectivity index (χ0) is 17.8. The number of rotatable bonds is 4. The highest BCUT2D eigenvalue weighted by Crippen LogP contribution is 2.26. The standard InChI is InChI=1S/C21H25FN2O/c1-16-8-9-20(14-21(16)22)24(17(2)25)19-10-12-23(13-11-19)15-18-6-4-3-5-7-18/h3-9,14,19H,10-13,15H2,1-2H3. The Kier molecular flexibility index (Phi) is 5.49. The first kappa shape index (κ1) is 17.6. The maximum Gasteiger partial charge on any atom is 0.224 e. The molecule has 0 bridgehead atoms. The van der Waals surface area contributed by atoms with E-state index in [4.69, 9.17) is 0 Å². The zero-order valence-corrected chi connectivity index (χ0v) is 14.9. The fourth-order valence-corrected chi connectivity index (χ4v) is 3.56. The van der Waals surface area contributed by atoms with Crippen LogP contribution in [-0.2, 0) is 11.3 Å². The molecule has 1 heterocycles. The van der Waals surface area contributed by atoms with Gasteiger partial charge in [0, 0.05) is 38.3 Å². The van der Waals surface area contributed by atoms with Gasteiger partial charge in [-0.3, -0.25) is 9.69 Å². The Labute approximate surface area is 149 Å². The second kappa shape index (κ2) is 7.79. The lowest BCUT2D eigenvalue weighted by molar-refractivity contribution is -0.117. The van der Waals surface area contributed by atoms with E-state index >= 15 is 0 Å². The topological polar surface area (TPSA) is 23.6 Å². The van der Waals surface area contributed by atoms with Crippen LogP contribution in [0.15, 0.2) is 48.5 Å². The summed E-state index contributed by atoms with van der Waals surface area (Å²) in [4.78, 5) is 16.4. The van der Waals surface area contributed by atoms with E-state index in [0.29, 0.717) is 11.3 Å². The van der Waals surface area contributed by atoms with Crippen LogP contribution in [0.5, 0.6) is 0 Å². The summed E-state index contributed by atoms with van der Waals surface area (Å²) in [5, 5.41) is 0. The van der Waals surface area contributed by atoms with Crippen LogP contribution in [0.1, 0.15) is 30.9 Å². The molecule has 2 aromatic carbocycles. The van der Waals surface area contributed by atoms with Crippen LogP contribution < -0.4 is 4.90 Å². The van der Waals surface area contributed by atoms with Crippen molar-refractivity contribution in [3.05, 3.63) is 65.5 Å². The number of aryl methyl sites for hydroxylation is 1. The lowest BCUT2D eigenvalue weighted by Crippen LogP contribution is -2.46. The van der Waals surface area contributed by atoms with Crippen LogP contribution in [0, 0.1) is 12.7 Å². The van der Waals surface area contributed by atoms with Gasteiger partial charge in [0.1, 0.15) is 5.82 Å². The van der Waals surface area contributed by atoms with Gasteiger partial charge in [0.2, 0.25) is 5.91 Å². The fourth-order valence-electron chi connectivity index (χ4n) is 3.56. The molecule has 0 aromatic heterocycles. The Morgan fingerprint density at radius 3 is 2.44 bits per heavy atom. The number of likely N-dealkylation sites (tertiary alicyclic amines) is 1. The number of benzene rings is 2. The maximum atomic E-state index is 13.9. The monoisotopic (exact) mass is 340 g/mol. The summed E-state index contributed by atoms with van der Waals surface area (Å²) in [6, 6.07) is 15.6. The molecule has 1 fully saturated rings. The average molecular weight is 340 g/mol. The van der Waals surface area contributed by atoms with E-state index in [1.54, 1.807) is 24.8 Å². The minimum absolute atomic E-state index is 0.0234. The van der Waals surface area contributed by atoms with Crippen molar-refractivity contribution in [1.82, 2.24) is 4.90 Å². The second-order valence-electron chi connectivity index (χ2n) is 6.82. The second-order valence-corrected chi connectivity index (χ2v) is 6.82. The van der Waals surface area contributed by atoms with Crippen molar-refractivity contribution in [2.75, 3.05) is 18.0 Å². The van der Waals surface area contributed by atoms with Crippen LogP contribution in [0.3, 0.4) is 0 Å². The molecule has 1 aliphatic heterocycles. The molecule has 0 spiro atoms. The lowest BCUT2D eigenvalue weighted by atomic mass is 10.0. The quantitative estimate of drug-likeness (QED) is 0.835. The molecule has 0 N–H and O–H groups in total. The third kappa shape index (κ3) is 4.26. The molecule has 1 aliphatic rings. The van der Waals surface area contributed by atoms with E-state index in [1.165, 1.54) is 11.6 Å². The van der Waals surface area contributed by atoms with Crippen molar-refractivity contribution in [2.45, 2.75) is 39.3 Å². The van der Waals surface area contributed by atoms with Crippen molar-refractivity contribution in [3.63, 3.8) is 0 Å². The number of piperidine rings is 1. The minimum atomic E-state index is -0.259. The third-order valence-corrected chi connectivity index (χ3v) is 4.94. The van der Waals surface area contributed by atoms with Gasteiger partial charge in [-0.1, -0.05) is 36.4 Å². The third-order valence-electron chi connectivity index (χ3n) is 4.94. The maximum absolute atomic E-state index is 13.9. The number of anilines is 1. The Hall–Kier alpha value is -2.20. The van der Waals surface area contributed by atoms with E-state index in [1.807, 2.05) is 12.1 Å². The molecule has 3 nitrogen and oxygen atoms in total. The first-order valence-corrected chi connectivity index (χ1v) is 8.87. The van der Waals surface area contributed by atoms with Gasteiger partial charge in [-0.05, 0) is 43.0 Å². The SMILES string of the molecule is CC(=O)N(c1ccc(C)c(F)c1)C1CCN(Cc2ccccc2)CC1. The predicted octanol–water partition coefficient (Wildman–Crippen LogP) is 4.15. The molecule has 4 heteroatoms. The summed E-state index contributed by atoms with van der Waals surface area (Å²) >= 11 is 0. The number of nitrogens with zero attached hydrogens (tertiary/aromatic N) is 2. The highest BCUT2D eigenvalue weighted by Gasteiger charge is 2.27. The number of carbonyl (C=O) groups is 1. The smallest absolute Gasteiger partial charge is 0.224 e. The van der Waals surface area contributed by atoms with Gasteiger partial charge in [-0.15, -0.1) is 0 Å². The summed E-state index contributed by atoms with van der Waals surface area (Å²) in [5.74, 6) is -0.282. The van der Waals surface area contributed by atoms with Crippen molar-refractivity contribution in [2.24, 2.45) is 0 Å². The molecule has 0 unspecified atom stereocenters. The first-order valence-electron chi connectivity index (χ1n) is 8.87. The number of amides is 1. The molecular formula is C21H25FN2O. The van der Waals surface area contributed by atoms with Crippen LogP contribution in [0.25, 0.3) is 0 Å². The molecule has 2 aromatic rings. The van der Waals surface area contributed by atoms with E-state index < -0.39 is 0 Å². The predicted molar refractivity (Wildman–Crippen MR) is 99.0 cm³/mol. The van der Waals surface area contributed by atoms with E-state index in [0.717, 1.165) is 32.5 Å². The molecule has 0 saturated carbocycles. The van der Waals surface area contributed by atoms with Crippen molar-refractivity contribution in [1.29, 1.82) is 0 Å². The summed E-state index contributed by atoms with van der Waals surface area (Å²) in [6.45, 7) is 6.12. The zero-order valence-electron chi connectivity index (χ0n) is 14.9. The van der Waals surface area contributed by atoms with Crippen molar-refractivity contribution >= 4 is 11.6 Å². The number of hydrogen-bond donors (Lipinski definition) is 0. The van der Waals surface area contributed by atoms with E-state index in [2.05, 4.69) is 29.2 Å². The van der Waals surface area contributed by atoms with Crippen LogP contribution >= 0.6 is 0 Å². The van der Waals surface area contributed by atoms with Gasteiger partial charge in [-0.2, -0.15) is 0 Å². The van der Waals surface area contributed by atoms with Gasteiger partial charge >= 0.3 is 0 Å². The lowest BCUT2D eigenvalue weighted by Gasteiger charge is -2.38. The van der Waals surface area contributed by atoms with Crippen LogP contribution in [0.2, 0.25) is 0 Å². The highest BCUT2D eigenvalue weighted by atomic mass is 19.1. The molecule has 0 atom stereocenters. The Morgan fingerprint density at radius 1 is 1.16 bits per heavy atom. The number of carbonyl (C=O) groups excluding carboxylic acids is 1. The molecule has 1 amide bonds. The summed E-state index contributed by atoms with van der Waals surface area (Å²) < 4.78 is 13.9. The van der Waals surface area contributed by atoms with Gasteiger partial charge < -0.3 is 4.90 Å². The Bertz CT molecular complexity index is 724. The molecule has 0 radical (unpaired) electrons. The normalized spacial score (nSPS) is 16.0. The van der Waals surface area contributed by atoms with Gasteiger partial charge in [0.15, 0.2) is 0 Å². The Morgan fingerprint density at radius 2 is 1.84 bits per heavy atom. The van der Waals surface area contributed by atoms with E-state index in [-0.39, 0.29) is 17.8 Å². The molecule has 3 rings (SSSR count). The number of halogens is 1. The molecule has 0 aliphatic carbocycles. The van der Waals surface area contributed by atoms with Gasteiger partial charge in [-0.25, -0.2) is 4.39 Å². The van der Waals surface area contributed by atoms with Crippen LogP contribution in [0.4, 0.5) is 10.1 Å². The number of hydrogen-bond acceptors (Lipinski definition) is 2. The van der Waals surface area contributed by atoms with E-state index in [9.17, 15) is 9.18 Å². The summed E-state index contributed by atoms with van der Waals surface area (Å²) in [5.41, 5.74) is 2.58. The minimum Gasteiger partial charge on any atom is -0.309 e. The van der Waals surface area contributed by atoms with Crippen molar-refractivity contribution < 1.29 is 9.18 Å². The molecule has 25 heavy (non-hydrogen) atoms. The van der Waals surface area contributed by atoms with Crippen molar-refractivity contribution in [3.8, 4) is 0 Å². The molecule has 1 saturated heterocycles. The van der Waals surface area contributed by atoms with Crippen LogP contribution in [-0.4, -0.2) is 29.9 Å². The highest BCUT2D eigenvalue weighted by molar-refractivity contribution is 5.92. The van der Waals surface area contributed by atoms with Gasteiger partial charge in [0.25, 0.3) is 0 Å². The molecule has 132 valence electrons. The fraction of sp³-hybridized carbons (Fsp3) is 0.381. The van der Waals surface area contributed by atoms with Gasteiger partial charge in [0.05, 0.1) is 0 Å².